The van der Waals surface area contributed by atoms with E-state index in [4.69, 9.17) is 0 Å². The first-order valence-electron chi connectivity index (χ1n) is 9.28. The molecule has 1 heterocycles. The molecule has 1 aliphatic heterocycles. The summed E-state index contributed by atoms with van der Waals surface area (Å²) in [5.41, 5.74) is 2.04. The van der Waals surface area contributed by atoms with E-state index in [1.54, 1.807) is 12.1 Å². The van der Waals surface area contributed by atoms with E-state index in [1.165, 1.54) is 30.5 Å². The quantitative estimate of drug-likeness (QED) is 0.762. The first kappa shape index (κ1) is 18.4. The number of urea groups is 1. The van der Waals surface area contributed by atoms with Crippen LogP contribution in [-0.4, -0.2) is 37.1 Å². The molecule has 0 unspecified atom stereocenters. The van der Waals surface area contributed by atoms with Crippen LogP contribution in [0, 0.1) is 5.82 Å². The maximum Gasteiger partial charge on any atom is 0.319 e. The molecule has 1 saturated heterocycles. The van der Waals surface area contributed by atoms with Crippen LogP contribution in [0.2, 0.25) is 0 Å². The molecule has 1 aliphatic rings. The number of nitrogens with one attached hydrogen (secondary N) is 2. The van der Waals surface area contributed by atoms with Crippen molar-refractivity contribution in [1.29, 1.82) is 0 Å². The Hall–Kier alpha value is -2.40. The highest BCUT2D eigenvalue weighted by molar-refractivity contribution is 5.89. The van der Waals surface area contributed by atoms with Gasteiger partial charge in [-0.1, -0.05) is 30.3 Å². The van der Waals surface area contributed by atoms with Crippen LogP contribution in [0.25, 0.3) is 0 Å². The van der Waals surface area contributed by atoms with Gasteiger partial charge in [-0.05, 0) is 74.6 Å². The van der Waals surface area contributed by atoms with Crippen LogP contribution >= 0.6 is 0 Å². The second kappa shape index (κ2) is 9.34. The van der Waals surface area contributed by atoms with Gasteiger partial charge < -0.3 is 15.5 Å². The van der Waals surface area contributed by atoms with E-state index in [2.05, 4.69) is 45.9 Å². The molecular weight excluding hydrogens is 329 g/mol. The fraction of sp³-hybridized carbons (Fsp3) is 0.381. The maximum absolute atomic E-state index is 12.8. The van der Waals surface area contributed by atoms with Crippen molar-refractivity contribution in [3.05, 3.63) is 66.0 Å². The molecular formula is C21H26FN3O. The second-order valence-corrected chi connectivity index (χ2v) is 6.77. The highest BCUT2D eigenvalue weighted by Gasteiger charge is 2.19. The van der Waals surface area contributed by atoms with Gasteiger partial charge in [0.2, 0.25) is 0 Å². The number of hydrogen-bond donors (Lipinski definition) is 2. The summed E-state index contributed by atoms with van der Waals surface area (Å²) in [6.07, 6.45) is 3.32. The largest absolute Gasteiger partial charge is 0.338 e. The first-order chi connectivity index (χ1) is 12.7. The van der Waals surface area contributed by atoms with Crippen molar-refractivity contribution >= 4 is 11.7 Å². The number of hydrogen-bond acceptors (Lipinski definition) is 2. The molecule has 5 heteroatoms. The van der Waals surface area contributed by atoms with Gasteiger partial charge in [0.05, 0.1) is 0 Å². The fourth-order valence-electron chi connectivity index (χ4n) is 3.43. The van der Waals surface area contributed by atoms with E-state index in [9.17, 15) is 9.18 Å². The zero-order valence-corrected chi connectivity index (χ0v) is 15.0. The molecule has 3 rings (SSSR count). The number of carbonyl (C=O) groups is 1. The molecule has 0 aliphatic carbocycles. The van der Waals surface area contributed by atoms with Gasteiger partial charge in [0.25, 0.3) is 0 Å². The van der Waals surface area contributed by atoms with E-state index >= 15 is 0 Å². The van der Waals surface area contributed by atoms with Gasteiger partial charge in [0.15, 0.2) is 0 Å². The summed E-state index contributed by atoms with van der Waals surface area (Å²) in [6.45, 7) is 3.85. The van der Waals surface area contributed by atoms with E-state index in [0.29, 0.717) is 18.2 Å². The lowest BCUT2D eigenvalue weighted by molar-refractivity contribution is 0.209. The van der Waals surface area contributed by atoms with E-state index < -0.39 is 0 Å². The van der Waals surface area contributed by atoms with Crippen molar-refractivity contribution in [3.63, 3.8) is 0 Å². The third-order valence-corrected chi connectivity index (χ3v) is 4.90. The summed E-state index contributed by atoms with van der Waals surface area (Å²) in [5.74, 6) is 0.360. The van der Waals surface area contributed by atoms with Gasteiger partial charge in [-0.3, -0.25) is 0 Å². The number of piperidine rings is 1. The van der Waals surface area contributed by atoms with E-state index in [1.807, 2.05) is 0 Å². The van der Waals surface area contributed by atoms with E-state index in [-0.39, 0.29) is 11.8 Å². The summed E-state index contributed by atoms with van der Waals surface area (Å²) in [4.78, 5) is 14.3. The lowest BCUT2D eigenvalue weighted by atomic mass is 9.89. The van der Waals surface area contributed by atoms with Crippen molar-refractivity contribution in [2.75, 3.05) is 31.5 Å². The Morgan fingerprint density at radius 2 is 1.73 bits per heavy atom. The van der Waals surface area contributed by atoms with Crippen LogP contribution in [0.4, 0.5) is 14.9 Å². The number of amides is 2. The Labute approximate surface area is 154 Å². The molecule has 0 radical (unpaired) electrons. The topological polar surface area (TPSA) is 44.4 Å². The normalized spacial score (nSPS) is 15.6. The minimum Gasteiger partial charge on any atom is -0.338 e. The van der Waals surface area contributed by atoms with Crippen LogP contribution in [0.15, 0.2) is 54.6 Å². The van der Waals surface area contributed by atoms with Gasteiger partial charge in [0.1, 0.15) is 5.82 Å². The number of nitrogens with zero attached hydrogens (tertiary/aromatic N) is 1. The van der Waals surface area contributed by atoms with Crippen molar-refractivity contribution in [1.82, 2.24) is 10.2 Å². The molecule has 26 heavy (non-hydrogen) atoms. The summed E-state index contributed by atoms with van der Waals surface area (Å²) in [6, 6.07) is 16.3. The molecule has 1 fully saturated rings. The second-order valence-electron chi connectivity index (χ2n) is 6.77. The molecule has 2 amide bonds. The van der Waals surface area contributed by atoms with Gasteiger partial charge in [0, 0.05) is 12.2 Å². The summed E-state index contributed by atoms with van der Waals surface area (Å²) in [7, 11) is 0. The molecule has 2 aromatic rings. The Kier molecular flexibility index (Phi) is 6.61. The fourth-order valence-corrected chi connectivity index (χ4v) is 3.43. The van der Waals surface area contributed by atoms with Gasteiger partial charge >= 0.3 is 6.03 Å². The van der Waals surface area contributed by atoms with Crippen LogP contribution in [0.3, 0.4) is 0 Å². The zero-order valence-electron chi connectivity index (χ0n) is 15.0. The van der Waals surface area contributed by atoms with Crippen molar-refractivity contribution in [2.45, 2.75) is 25.2 Å². The smallest absolute Gasteiger partial charge is 0.319 e. The Bertz CT molecular complexity index is 682. The van der Waals surface area contributed by atoms with Crippen molar-refractivity contribution < 1.29 is 9.18 Å². The minimum absolute atomic E-state index is 0.251. The van der Waals surface area contributed by atoms with Gasteiger partial charge in [-0.15, -0.1) is 0 Å². The highest BCUT2D eigenvalue weighted by atomic mass is 19.1. The van der Waals surface area contributed by atoms with Crippen LogP contribution in [0.5, 0.6) is 0 Å². The average molecular weight is 355 g/mol. The highest BCUT2D eigenvalue weighted by Crippen LogP contribution is 2.27. The molecule has 4 nitrogen and oxygen atoms in total. The maximum atomic E-state index is 12.8. The van der Waals surface area contributed by atoms with Crippen LogP contribution in [-0.2, 0) is 0 Å². The Morgan fingerprint density at radius 1 is 1.04 bits per heavy atom. The number of anilines is 1. The standard InChI is InChI=1S/C21H26FN3O/c22-19-7-9-20(10-8-19)24-21(26)23-13-4-14-25-15-11-18(12-16-25)17-5-2-1-3-6-17/h1-3,5-10,18H,4,11-16H2,(H2,23,24,26). The summed E-state index contributed by atoms with van der Waals surface area (Å²) in [5, 5.41) is 5.55. The molecule has 138 valence electrons. The number of likely N-dealkylation sites (tertiary alicyclic amines) is 1. The third kappa shape index (κ3) is 5.56. The minimum atomic E-state index is -0.313. The molecule has 0 atom stereocenters. The van der Waals surface area contributed by atoms with Crippen molar-refractivity contribution in [2.24, 2.45) is 0 Å². The van der Waals surface area contributed by atoms with Gasteiger partial charge in [-0.25, -0.2) is 9.18 Å². The monoisotopic (exact) mass is 355 g/mol. The number of benzene rings is 2. The Balaban J connectivity index is 1.30. The first-order valence-corrected chi connectivity index (χ1v) is 9.28. The SMILES string of the molecule is O=C(NCCCN1CCC(c2ccccc2)CC1)Nc1ccc(F)cc1. The number of carbonyl (C=O) groups excluding carboxylic acids is 1. The lowest BCUT2D eigenvalue weighted by Crippen LogP contribution is -2.36. The molecule has 0 spiro atoms. The molecule has 2 aromatic carbocycles. The summed E-state index contributed by atoms with van der Waals surface area (Å²) < 4.78 is 12.8. The molecule has 0 bridgehead atoms. The molecule has 0 aromatic heterocycles. The predicted octanol–water partition coefficient (Wildman–Crippen LogP) is 4.22. The Morgan fingerprint density at radius 3 is 2.42 bits per heavy atom. The zero-order chi connectivity index (χ0) is 18.2. The lowest BCUT2D eigenvalue weighted by Gasteiger charge is -2.32. The average Bonchev–Trinajstić information content (AvgIpc) is 2.68. The summed E-state index contributed by atoms with van der Waals surface area (Å²) >= 11 is 0. The van der Waals surface area contributed by atoms with Crippen LogP contribution in [0.1, 0.15) is 30.7 Å². The van der Waals surface area contributed by atoms with Gasteiger partial charge in [-0.2, -0.15) is 0 Å². The molecule has 2 N–H and O–H groups in total. The third-order valence-electron chi connectivity index (χ3n) is 4.90. The van der Waals surface area contributed by atoms with Crippen molar-refractivity contribution in [3.8, 4) is 0 Å². The van der Waals surface area contributed by atoms with Crippen LogP contribution < -0.4 is 10.6 Å². The number of halogens is 1. The van der Waals surface area contributed by atoms with E-state index in [0.717, 1.165) is 26.1 Å². The predicted molar refractivity (Wildman–Crippen MR) is 103 cm³/mol. The molecule has 0 saturated carbocycles. The number of rotatable bonds is 6.